The molecule has 1 unspecified atom stereocenters. The second-order valence-electron chi connectivity index (χ2n) is 2.91. The molecule has 15 heavy (non-hydrogen) atoms. The van der Waals surface area contributed by atoms with Crippen LogP contribution in [0.5, 0.6) is 0 Å². The van der Waals surface area contributed by atoms with Gasteiger partial charge in [0.2, 0.25) is 0 Å². The largest absolute Gasteiger partial charge is 0.524 e. The molecule has 0 radical (unpaired) electrons. The van der Waals surface area contributed by atoms with Crippen molar-refractivity contribution in [2.45, 2.75) is 10.9 Å². The Morgan fingerprint density at radius 3 is 2.47 bits per heavy atom. The van der Waals surface area contributed by atoms with Gasteiger partial charge in [-0.25, -0.2) is 4.57 Å². The lowest BCUT2D eigenvalue weighted by molar-refractivity contribution is 0.245. The average molecular weight is 428 g/mol. The van der Waals surface area contributed by atoms with E-state index in [1.54, 1.807) is 6.08 Å². The van der Waals surface area contributed by atoms with Crippen LogP contribution < -0.4 is 5.73 Å². The molecule has 0 aliphatic heterocycles. The minimum absolute atomic E-state index is 0.0591. The number of halogens is 3. The molecule has 0 saturated carbocycles. The van der Waals surface area contributed by atoms with E-state index < -0.39 is 12.3 Å². The number of alkyl halides is 1. The minimum atomic E-state index is -4.57. The van der Waals surface area contributed by atoms with E-state index >= 15 is 0 Å². The van der Waals surface area contributed by atoms with Crippen molar-refractivity contribution in [3.63, 3.8) is 0 Å². The van der Waals surface area contributed by atoms with E-state index in [0.29, 0.717) is 15.4 Å². The predicted octanol–water partition coefficient (Wildman–Crippen LogP) is 2.43. The van der Waals surface area contributed by atoms with Crippen LogP contribution in [-0.2, 0) is 9.09 Å². The summed E-state index contributed by atoms with van der Waals surface area (Å²) in [6.45, 7) is 0. The highest BCUT2D eigenvalue weighted by Gasteiger charge is 2.31. The van der Waals surface area contributed by atoms with Crippen molar-refractivity contribution < 1.29 is 18.9 Å². The van der Waals surface area contributed by atoms with Crippen molar-refractivity contribution in [3.8, 4) is 0 Å². The summed E-state index contributed by atoms with van der Waals surface area (Å²) < 4.78 is 15.3. The van der Waals surface area contributed by atoms with Crippen LogP contribution >= 0.6 is 55.6 Å². The molecule has 1 aliphatic rings. The SMILES string of the molecule is NC1(Br)C=C(Br)C(OP(=O)(O)O)=C(Br)C1. The molecule has 0 bridgehead atoms. The van der Waals surface area contributed by atoms with Gasteiger partial charge in [0, 0.05) is 10.9 Å². The van der Waals surface area contributed by atoms with Crippen molar-refractivity contribution in [2.75, 3.05) is 0 Å². The van der Waals surface area contributed by atoms with Gasteiger partial charge in [0.15, 0.2) is 5.76 Å². The lowest BCUT2D eigenvalue weighted by atomic mass is 10.1. The van der Waals surface area contributed by atoms with Crippen molar-refractivity contribution in [1.82, 2.24) is 0 Å². The third kappa shape index (κ3) is 4.30. The van der Waals surface area contributed by atoms with E-state index in [9.17, 15) is 4.57 Å². The fourth-order valence-corrected chi connectivity index (χ4v) is 4.63. The fourth-order valence-electron chi connectivity index (χ4n) is 0.987. The number of hydrogen-bond acceptors (Lipinski definition) is 3. The Kier molecular flexibility index (Phi) is 4.26. The van der Waals surface area contributed by atoms with Gasteiger partial charge in [-0.3, -0.25) is 9.79 Å². The molecule has 1 rings (SSSR count). The zero-order valence-corrected chi connectivity index (χ0v) is 12.8. The standard InChI is InChI=1S/C6H7Br3NO4P/c7-3-1-6(9,10)2-4(8)5(3)14-15(11,12)13/h1H,2,10H2,(H2,11,12,13). The maximum absolute atomic E-state index is 10.7. The smallest absolute Gasteiger partial charge is 0.402 e. The van der Waals surface area contributed by atoms with Gasteiger partial charge in [-0.2, -0.15) is 0 Å². The van der Waals surface area contributed by atoms with Gasteiger partial charge in [-0.1, -0.05) is 31.9 Å². The first kappa shape index (κ1) is 13.9. The van der Waals surface area contributed by atoms with Gasteiger partial charge < -0.3 is 10.3 Å². The Labute approximate surface area is 111 Å². The van der Waals surface area contributed by atoms with Gasteiger partial charge in [-0.05, 0) is 22.0 Å². The van der Waals surface area contributed by atoms with Crippen LogP contribution in [0.2, 0.25) is 0 Å². The molecule has 1 atom stereocenters. The summed E-state index contributed by atoms with van der Waals surface area (Å²) in [7, 11) is -4.57. The summed E-state index contributed by atoms with van der Waals surface area (Å²) in [5, 5.41) is 0. The van der Waals surface area contributed by atoms with E-state index in [1.165, 1.54) is 0 Å². The molecule has 0 spiro atoms. The summed E-state index contributed by atoms with van der Waals surface area (Å²) >= 11 is 9.51. The van der Waals surface area contributed by atoms with Gasteiger partial charge >= 0.3 is 7.82 Å². The lowest BCUT2D eigenvalue weighted by Gasteiger charge is -2.25. The Morgan fingerprint density at radius 1 is 1.53 bits per heavy atom. The molecular weight excluding hydrogens is 421 g/mol. The molecule has 0 aromatic heterocycles. The van der Waals surface area contributed by atoms with Crippen LogP contribution in [0.25, 0.3) is 0 Å². The van der Waals surface area contributed by atoms with Crippen LogP contribution in [-0.4, -0.2) is 14.2 Å². The monoisotopic (exact) mass is 425 g/mol. The van der Waals surface area contributed by atoms with E-state index in [-0.39, 0.29) is 5.76 Å². The molecule has 0 fully saturated rings. The maximum Gasteiger partial charge on any atom is 0.524 e. The Hall–Kier alpha value is 0.830. The number of phosphoric acid groups is 1. The number of allylic oxidation sites excluding steroid dienone is 1. The molecule has 0 aromatic rings. The molecular formula is C6H7Br3NO4P. The summed E-state index contributed by atoms with van der Waals surface area (Å²) in [5.74, 6) is 0.0591. The molecule has 1 aliphatic carbocycles. The van der Waals surface area contributed by atoms with Gasteiger partial charge in [-0.15, -0.1) is 0 Å². The Morgan fingerprint density at radius 2 is 2.07 bits per heavy atom. The van der Waals surface area contributed by atoms with Crippen molar-refractivity contribution in [3.05, 3.63) is 20.8 Å². The van der Waals surface area contributed by atoms with E-state index in [0.717, 1.165) is 0 Å². The van der Waals surface area contributed by atoms with Gasteiger partial charge in [0.25, 0.3) is 0 Å². The van der Waals surface area contributed by atoms with Crippen LogP contribution in [0, 0.1) is 0 Å². The zero-order valence-electron chi connectivity index (χ0n) is 7.15. The summed E-state index contributed by atoms with van der Waals surface area (Å²) in [5.41, 5.74) is 5.78. The second-order valence-corrected chi connectivity index (χ2v) is 7.36. The second kappa shape index (κ2) is 4.60. The Balaban J connectivity index is 3.01. The minimum Gasteiger partial charge on any atom is -0.402 e. The molecule has 5 nitrogen and oxygen atoms in total. The highest BCUT2D eigenvalue weighted by atomic mass is 79.9. The molecule has 0 amide bonds. The van der Waals surface area contributed by atoms with Gasteiger partial charge in [0.05, 0.1) is 8.93 Å². The van der Waals surface area contributed by atoms with Crippen molar-refractivity contribution in [2.24, 2.45) is 5.73 Å². The normalized spacial score (nSPS) is 27.7. The summed E-state index contributed by atoms with van der Waals surface area (Å²) in [6, 6.07) is 0. The molecule has 4 N–H and O–H groups in total. The van der Waals surface area contributed by atoms with Crippen molar-refractivity contribution >= 4 is 55.6 Å². The topological polar surface area (TPSA) is 92.8 Å². The first-order chi connectivity index (χ1) is 6.61. The van der Waals surface area contributed by atoms with Crippen LogP contribution in [0.4, 0.5) is 0 Å². The average Bonchev–Trinajstić information content (AvgIpc) is 1.93. The number of phosphoric ester groups is 1. The highest BCUT2D eigenvalue weighted by molar-refractivity contribution is 9.12. The maximum atomic E-state index is 10.7. The first-order valence-corrected chi connectivity index (χ1v) is 7.52. The fraction of sp³-hybridized carbons (Fsp3) is 0.333. The van der Waals surface area contributed by atoms with Crippen LogP contribution in [0.3, 0.4) is 0 Å². The molecule has 9 heteroatoms. The van der Waals surface area contributed by atoms with Gasteiger partial charge in [0.1, 0.15) is 0 Å². The highest BCUT2D eigenvalue weighted by Crippen LogP contribution is 2.47. The van der Waals surface area contributed by atoms with Crippen LogP contribution in [0.1, 0.15) is 6.42 Å². The van der Waals surface area contributed by atoms with E-state index in [4.69, 9.17) is 15.5 Å². The lowest BCUT2D eigenvalue weighted by Crippen LogP contribution is -2.32. The predicted molar refractivity (Wildman–Crippen MR) is 66.6 cm³/mol. The Bertz CT molecular complexity index is 386. The third-order valence-electron chi connectivity index (χ3n) is 1.47. The van der Waals surface area contributed by atoms with Crippen LogP contribution in [0.15, 0.2) is 20.8 Å². The first-order valence-electron chi connectivity index (χ1n) is 3.61. The number of rotatable bonds is 2. The number of hydrogen-bond donors (Lipinski definition) is 3. The molecule has 0 saturated heterocycles. The van der Waals surface area contributed by atoms with E-state index in [1.807, 2.05) is 0 Å². The molecule has 0 heterocycles. The quantitative estimate of drug-likeness (QED) is 0.357. The third-order valence-corrected chi connectivity index (χ3v) is 3.63. The zero-order chi connectivity index (χ0) is 11.9. The van der Waals surface area contributed by atoms with E-state index in [2.05, 4.69) is 52.3 Å². The van der Waals surface area contributed by atoms with Crippen molar-refractivity contribution in [1.29, 1.82) is 0 Å². The molecule has 86 valence electrons. The summed E-state index contributed by atoms with van der Waals surface area (Å²) in [4.78, 5) is 17.4. The molecule has 0 aromatic carbocycles. The number of nitrogens with two attached hydrogens (primary N) is 1. The summed E-state index contributed by atoms with van der Waals surface area (Å²) in [6.07, 6.45) is 1.89.